The quantitative estimate of drug-likeness (QED) is 0.342. The number of aliphatic hydroxyl groups is 2. The highest BCUT2D eigenvalue weighted by Gasteiger charge is 2.29. The molecule has 0 aromatic heterocycles. The van der Waals surface area contributed by atoms with Crippen LogP contribution in [0.15, 0.2) is 12.1 Å². The van der Waals surface area contributed by atoms with Gasteiger partial charge in [0.15, 0.2) is 11.5 Å². The van der Waals surface area contributed by atoms with E-state index in [1.807, 2.05) is 0 Å². The number of aliphatic hydroxyl groups excluding tert-OH is 2. The van der Waals surface area contributed by atoms with Gasteiger partial charge in [-0.15, -0.1) is 0 Å². The molecule has 9 heteroatoms. The number of benzene rings is 1. The van der Waals surface area contributed by atoms with Gasteiger partial charge in [-0.25, -0.2) is 0 Å². The number of hydrogen-bond donors (Lipinski definition) is 4. The summed E-state index contributed by atoms with van der Waals surface area (Å²) in [6, 6.07) is 3.23. The fourth-order valence-corrected chi connectivity index (χ4v) is 3.51. The number of anilines is 1. The maximum absolute atomic E-state index is 12.7. The highest BCUT2D eigenvalue weighted by atomic mass is 16.6. The van der Waals surface area contributed by atoms with Gasteiger partial charge >= 0.3 is 0 Å². The van der Waals surface area contributed by atoms with E-state index in [9.17, 15) is 9.90 Å². The van der Waals surface area contributed by atoms with E-state index in [4.69, 9.17) is 25.1 Å². The molecule has 5 N–H and O–H groups in total. The summed E-state index contributed by atoms with van der Waals surface area (Å²) in [6.45, 7) is 4.12. The van der Waals surface area contributed by atoms with Crippen molar-refractivity contribution < 1.29 is 29.2 Å². The minimum Gasteiger partial charge on any atom is -0.486 e. The van der Waals surface area contributed by atoms with Gasteiger partial charge in [-0.3, -0.25) is 9.69 Å². The van der Waals surface area contributed by atoms with E-state index in [2.05, 4.69) is 10.2 Å². The summed E-state index contributed by atoms with van der Waals surface area (Å²) in [6.07, 6.45) is 0.247. The van der Waals surface area contributed by atoms with Crippen LogP contribution in [0, 0.1) is 5.92 Å². The van der Waals surface area contributed by atoms with Crippen LogP contribution in [-0.2, 0) is 4.74 Å². The molecule has 28 heavy (non-hydrogen) atoms. The summed E-state index contributed by atoms with van der Waals surface area (Å²) in [5, 5.41) is 22.0. The van der Waals surface area contributed by atoms with E-state index >= 15 is 0 Å². The van der Waals surface area contributed by atoms with Crippen molar-refractivity contribution in [2.45, 2.75) is 12.5 Å². The molecule has 1 amide bonds. The Hall–Kier alpha value is -2.07. The molecule has 0 aliphatic carbocycles. The van der Waals surface area contributed by atoms with Gasteiger partial charge in [-0.2, -0.15) is 0 Å². The van der Waals surface area contributed by atoms with Gasteiger partial charge in [0.25, 0.3) is 5.91 Å². The lowest BCUT2D eigenvalue weighted by Gasteiger charge is -2.36. The molecule has 0 bridgehead atoms. The maximum atomic E-state index is 12.7. The van der Waals surface area contributed by atoms with Crippen molar-refractivity contribution in [1.82, 2.24) is 10.2 Å². The second-order valence-corrected chi connectivity index (χ2v) is 7.06. The monoisotopic (exact) mass is 395 g/mol. The average molecular weight is 395 g/mol. The summed E-state index contributed by atoms with van der Waals surface area (Å²) >= 11 is 0. The number of carbonyl (C=O) groups is 1. The van der Waals surface area contributed by atoms with E-state index < -0.39 is 6.10 Å². The minimum absolute atomic E-state index is 0.0117. The number of fused-ring (bicyclic) bond motifs is 1. The first kappa shape index (κ1) is 20.7. The van der Waals surface area contributed by atoms with Crippen LogP contribution in [0.5, 0.6) is 11.5 Å². The van der Waals surface area contributed by atoms with Crippen molar-refractivity contribution in [3.63, 3.8) is 0 Å². The first-order valence-electron chi connectivity index (χ1n) is 9.65. The molecule has 2 aliphatic rings. The predicted molar refractivity (Wildman–Crippen MR) is 103 cm³/mol. The van der Waals surface area contributed by atoms with Crippen molar-refractivity contribution in [2.24, 2.45) is 5.92 Å². The molecule has 1 saturated heterocycles. The summed E-state index contributed by atoms with van der Waals surface area (Å²) in [5.74, 6) is 0.582. The lowest BCUT2D eigenvalue weighted by molar-refractivity contribution is 0.00567. The molecule has 0 radical (unpaired) electrons. The molecular formula is C19H29N3O6. The summed E-state index contributed by atoms with van der Waals surface area (Å²) in [5.41, 5.74) is 6.66. The molecule has 1 aromatic carbocycles. The van der Waals surface area contributed by atoms with Crippen LogP contribution >= 0.6 is 0 Å². The number of β-amino-alcohol motifs (C(OH)–C–C–N with tert-alkyl or cyclic N) is 1. The SMILES string of the molecule is Nc1cc2c(c(C(=O)NC[C@@H]3CCN(CCOCCO)CC3O)c1)OCCO2. The van der Waals surface area contributed by atoms with Crippen LogP contribution in [0.25, 0.3) is 0 Å². The van der Waals surface area contributed by atoms with Crippen LogP contribution in [0.1, 0.15) is 16.8 Å². The molecule has 0 spiro atoms. The zero-order valence-electron chi connectivity index (χ0n) is 15.9. The Bertz CT molecular complexity index is 671. The van der Waals surface area contributed by atoms with Gasteiger partial charge in [0.2, 0.25) is 0 Å². The number of piperidine rings is 1. The first-order chi connectivity index (χ1) is 13.6. The van der Waals surface area contributed by atoms with Crippen LogP contribution in [0.4, 0.5) is 5.69 Å². The number of nitrogens with one attached hydrogen (secondary N) is 1. The van der Waals surface area contributed by atoms with E-state index in [1.165, 1.54) is 0 Å². The number of rotatable bonds is 8. The van der Waals surface area contributed by atoms with Crippen molar-refractivity contribution in [1.29, 1.82) is 0 Å². The summed E-state index contributed by atoms with van der Waals surface area (Å²) in [7, 11) is 0. The van der Waals surface area contributed by atoms with Crippen LogP contribution in [-0.4, -0.2) is 86.3 Å². The van der Waals surface area contributed by atoms with Crippen molar-refractivity contribution in [3.8, 4) is 11.5 Å². The molecule has 156 valence electrons. The molecule has 3 rings (SSSR count). The van der Waals surface area contributed by atoms with Crippen LogP contribution in [0.2, 0.25) is 0 Å². The third-order valence-electron chi connectivity index (χ3n) is 5.03. The second kappa shape index (κ2) is 9.92. The van der Waals surface area contributed by atoms with Gasteiger partial charge in [0.1, 0.15) is 13.2 Å². The lowest BCUT2D eigenvalue weighted by Crippen LogP contribution is -2.48. The molecular weight excluding hydrogens is 366 g/mol. The topological polar surface area (TPSA) is 127 Å². The molecule has 2 aliphatic heterocycles. The first-order valence-corrected chi connectivity index (χ1v) is 9.65. The van der Waals surface area contributed by atoms with E-state index in [0.717, 1.165) is 13.0 Å². The number of nitrogen functional groups attached to an aromatic ring is 1. The van der Waals surface area contributed by atoms with Gasteiger partial charge in [0, 0.05) is 37.3 Å². The maximum Gasteiger partial charge on any atom is 0.255 e. The zero-order chi connectivity index (χ0) is 19.9. The van der Waals surface area contributed by atoms with Gasteiger partial charge in [0.05, 0.1) is 31.5 Å². The fourth-order valence-electron chi connectivity index (χ4n) is 3.51. The molecule has 0 saturated carbocycles. The minimum atomic E-state index is -0.527. The third kappa shape index (κ3) is 5.26. The number of amides is 1. The molecule has 9 nitrogen and oxygen atoms in total. The van der Waals surface area contributed by atoms with Crippen LogP contribution in [0.3, 0.4) is 0 Å². The number of nitrogens with two attached hydrogens (primary N) is 1. The van der Waals surface area contributed by atoms with Gasteiger partial charge < -0.3 is 35.5 Å². The van der Waals surface area contributed by atoms with Crippen molar-refractivity contribution in [2.75, 3.05) is 64.9 Å². The Labute approximate surface area is 164 Å². The highest BCUT2D eigenvalue weighted by molar-refractivity contribution is 5.99. The predicted octanol–water partition coefficient (Wildman–Crippen LogP) is -0.538. The van der Waals surface area contributed by atoms with Crippen LogP contribution < -0.4 is 20.5 Å². The third-order valence-corrected chi connectivity index (χ3v) is 5.03. The van der Waals surface area contributed by atoms with E-state index in [0.29, 0.717) is 68.8 Å². The Morgan fingerprint density at radius 2 is 2.14 bits per heavy atom. The molecule has 2 atom stereocenters. The smallest absolute Gasteiger partial charge is 0.255 e. The number of ether oxygens (including phenoxy) is 3. The average Bonchev–Trinajstić information content (AvgIpc) is 2.69. The summed E-state index contributed by atoms with van der Waals surface area (Å²) < 4.78 is 16.4. The Balaban J connectivity index is 1.50. The van der Waals surface area contributed by atoms with E-state index in [1.54, 1.807) is 12.1 Å². The van der Waals surface area contributed by atoms with Gasteiger partial charge in [-0.1, -0.05) is 0 Å². The molecule has 1 unspecified atom stereocenters. The highest BCUT2D eigenvalue weighted by Crippen LogP contribution is 2.36. The number of likely N-dealkylation sites (tertiary alicyclic amines) is 1. The van der Waals surface area contributed by atoms with Crippen molar-refractivity contribution in [3.05, 3.63) is 17.7 Å². The normalized spacial score (nSPS) is 22.1. The molecule has 1 aromatic rings. The number of nitrogens with zero attached hydrogens (tertiary/aromatic N) is 1. The van der Waals surface area contributed by atoms with Gasteiger partial charge in [-0.05, 0) is 19.0 Å². The largest absolute Gasteiger partial charge is 0.486 e. The Kier molecular flexibility index (Phi) is 7.32. The second-order valence-electron chi connectivity index (χ2n) is 7.06. The number of hydrogen-bond acceptors (Lipinski definition) is 8. The van der Waals surface area contributed by atoms with Crippen molar-refractivity contribution >= 4 is 11.6 Å². The lowest BCUT2D eigenvalue weighted by atomic mass is 9.93. The molecule has 1 fully saturated rings. The summed E-state index contributed by atoms with van der Waals surface area (Å²) in [4.78, 5) is 14.8. The molecule has 2 heterocycles. The standard InChI is InChI=1S/C19H29N3O6/c20-14-9-15(18-17(10-14)27-7-8-28-18)19(25)21-11-13-1-2-22(12-16(13)24)3-5-26-6-4-23/h9-10,13,16,23-24H,1-8,11-12,20H2,(H,21,25)/t13-,16?/m0/s1. The van der Waals surface area contributed by atoms with E-state index in [-0.39, 0.29) is 18.4 Å². The number of carbonyl (C=O) groups excluding carboxylic acids is 1. The zero-order valence-corrected chi connectivity index (χ0v) is 15.9. The Morgan fingerprint density at radius 3 is 2.93 bits per heavy atom. The fraction of sp³-hybridized carbons (Fsp3) is 0.632. The Morgan fingerprint density at radius 1 is 1.32 bits per heavy atom.